The fourth-order valence-corrected chi connectivity index (χ4v) is 6.97. The molecular weight excluding hydrogens is 466 g/mol. The summed E-state index contributed by atoms with van der Waals surface area (Å²) in [7, 11) is 6.64. The number of ether oxygens (including phenoxy) is 1. The molecule has 1 saturated heterocycles. The van der Waals surface area contributed by atoms with E-state index in [9.17, 15) is 24.3 Å². The molecule has 1 aromatic rings. The number of fused-ring (bicyclic) bond motifs is 7. The quantitative estimate of drug-likeness (QED) is 0.399. The number of hydrogen-bond donors (Lipinski definition) is 2. The van der Waals surface area contributed by atoms with Gasteiger partial charge >= 0.3 is 6.03 Å². The van der Waals surface area contributed by atoms with E-state index < -0.39 is 47.2 Å². The van der Waals surface area contributed by atoms with Crippen molar-refractivity contribution in [2.45, 2.75) is 30.5 Å². The van der Waals surface area contributed by atoms with Gasteiger partial charge in [-0.25, -0.2) is 4.79 Å². The zero-order chi connectivity index (χ0) is 25.9. The van der Waals surface area contributed by atoms with Crippen molar-refractivity contribution in [3.63, 3.8) is 0 Å². The van der Waals surface area contributed by atoms with E-state index >= 15 is 0 Å². The Balaban J connectivity index is 1.64. The van der Waals surface area contributed by atoms with Crippen LogP contribution in [0.1, 0.15) is 23.5 Å². The minimum Gasteiger partial charge on any atom is -0.870 e. The second kappa shape index (κ2) is 7.07. The molecular formula is C25H29N5O6. The number of quaternary nitrogens is 1. The molecule has 1 aromatic carbocycles. The monoisotopic (exact) mass is 495 g/mol. The van der Waals surface area contributed by atoms with E-state index in [0.29, 0.717) is 35.0 Å². The number of nitrogens with one attached hydrogen (secondary N) is 1. The van der Waals surface area contributed by atoms with Gasteiger partial charge in [-0.05, 0) is 30.8 Å². The molecule has 0 bridgehead atoms. The van der Waals surface area contributed by atoms with Crippen molar-refractivity contribution < 1.29 is 29.0 Å². The van der Waals surface area contributed by atoms with E-state index in [-0.39, 0.29) is 23.9 Å². The molecule has 0 aromatic heterocycles. The Kier molecular flexibility index (Phi) is 4.52. The first-order valence-corrected chi connectivity index (χ1v) is 12.1. The van der Waals surface area contributed by atoms with Gasteiger partial charge in [-0.3, -0.25) is 28.7 Å². The zero-order valence-electron chi connectivity index (χ0n) is 20.7. The SMILES string of the molecule is CN1C(=O)N(C)[C@]2(Oc3c([O-])cc4c(c3C3C(=O)C5NC=C(CCN)C5C(=O)C32)CC[N+]4(C)C)C1=O. The highest BCUT2D eigenvalue weighted by Crippen LogP contribution is 2.59. The van der Waals surface area contributed by atoms with Gasteiger partial charge in [0.25, 0.3) is 11.6 Å². The number of likely N-dealkylation sites (N-methyl/N-ethyl adjacent to an activating group) is 3. The van der Waals surface area contributed by atoms with Gasteiger partial charge in [0, 0.05) is 31.6 Å². The maximum Gasteiger partial charge on any atom is 0.329 e. The van der Waals surface area contributed by atoms with Crippen LogP contribution in [0.4, 0.5) is 10.5 Å². The summed E-state index contributed by atoms with van der Waals surface area (Å²) in [5.41, 5.74) is 6.31. The first-order chi connectivity index (χ1) is 17.0. The summed E-state index contributed by atoms with van der Waals surface area (Å²) in [5, 5.41) is 16.5. The van der Waals surface area contributed by atoms with E-state index in [1.165, 1.54) is 20.2 Å². The van der Waals surface area contributed by atoms with Crippen molar-refractivity contribution in [2.24, 2.45) is 17.6 Å². The third kappa shape index (κ3) is 2.49. The Morgan fingerprint density at radius 3 is 2.56 bits per heavy atom. The first-order valence-electron chi connectivity index (χ1n) is 12.1. The summed E-state index contributed by atoms with van der Waals surface area (Å²) in [6, 6.07) is -0.000968. The minimum atomic E-state index is -2.12. The third-order valence-corrected chi connectivity index (χ3v) is 8.79. The van der Waals surface area contributed by atoms with E-state index in [2.05, 4.69) is 5.32 Å². The third-order valence-electron chi connectivity index (χ3n) is 8.79. The van der Waals surface area contributed by atoms with Gasteiger partial charge in [0.2, 0.25) is 0 Å². The number of benzene rings is 1. The van der Waals surface area contributed by atoms with Crippen molar-refractivity contribution in [2.75, 3.05) is 41.3 Å². The average molecular weight is 496 g/mol. The number of urea groups is 1. The number of ketones is 2. The zero-order valence-corrected chi connectivity index (χ0v) is 20.7. The van der Waals surface area contributed by atoms with E-state index in [4.69, 9.17) is 10.5 Å². The molecule has 4 heterocycles. The molecule has 190 valence electrons. The second-order valence-corrected chi connectivity index (χ2v) is 10.9. The van der Waals surface area contributed by atoms with Crippen LogP contribution in [0.25, 0.3) is 0 Å². The van der Waals surface area contributed by atoms with Crippen LogP contribution in [0.5, 0.6) is 11.5 Å². The highest BCUT2D eigenvalue weighted by atomic mass is 16.5. The van der Waals surface area contributed by atoms with Crippen LogP contribution in [0.15, 0.2) is 17.8 Å². The van der Waals surface area contributed by atoms with Crippen LogP contribution in [0.3, 0.4) is 0 Å². The molecule has 11 heteroatoms. The largest absolute Gasteiger partial charge is 0.870 e. The summed E-state index contributed by atoms with van der Waals surface area (Å²) in [5.74, 6) is -5.22. The molecule has 5 atom stereocenters. The van der Waals surface area contributed by atoms with E-state index in [0.717, 1.165) is 21.1 Å². The van der Waals surface area contributed by atoms with Crippen LogP contribution < -0.4 is 25.4 Å². The Morgan fingerprint density at radius 1 is 1.19 bits per heavy atom. The summed E-state index contributed by atoms with van der Waals surface area (Å²) >= 11 is 0. The lowest BCUT2D eigenvalue weighted by molar-refractivity contribution is -0.272. The van der Waals surface area contributed by atoms with E-state index in [1.807, 2.05) is 14.1 Å². The number of amides is 3. The normalized spacial score (nSPS) is 33.8. The Labute approximate surface area is 208 Å². The maximum absolute atomic E-state index is 14.3. The standard InChI is InChI=1S/C25H29N5O6/c1-28-23(34)25(29(2)24(28)35)18-17(21(33)19-15(20(18)32)11(5-7-26)10-27-19)16-12-6-8-30(3,4)13(12)9-14(31)22(16)36-25/h9-10,15,17-19,27H,5-8,26H2,1-4H3/t15?,17?,18?,19?,25-/m1/s1. The van der Waals surface area contributed by atoms with E-state index in [1.54, 1.807) is 6.20 Å². The van der Waals surface area contributed by atoms with Gasteiger partial charge in [-0.2, -0.15) is 0 Å². The van der Waals surface area contributed by atoms with Gasteiger partial charge in [0.05, 0.1) is 38.5 Å². The summed E-state index contributed by atoms with van der Waals surface area (Å²) in [6.45, 7) is 0.999. The van der Waals surface area contributed by atoms with Crippen LogP contribution in [-0.2, 0) is 20.8 Å². The fourth-order valence-electron chi connectivity index (χ4n) is 6.97. The van der Waals surface area contributed by atoms with Gasteiger partial charge in [0.15, 0.2) is 11.6 Å². The van der Waals surface area contributed by atoms with Crippen LogP contribution in [0.2, 0.25) is 0 Å². The number of imide groups is 1. The Hall–Kier alpha value is -3.44. The smallest absolute Gasteiger partial charge is 0.329 e. The molecule has 5 aliphatic rings. The molecule has 6 rings (SSSR count). The van der Waals surface area contributed by atoms with Crippen molar-refractivity contribution in [3.8, 4) is 11.5 Å². The number of nitrogens with two attached hydrogens (primary N) is 1. The molecule has 0 radical (unpaired) electrons. The molecule has 1 aliphatic carbocycles. The molecule has 36 heavy (non-hydrogen) atoms. The van der Waals surface area contributed by atoms with Crippen LogP contribution in [-0.4, -0.2) is 86.4 Å². The van der Waals surface area contributed by atoms with Crippen LogP contribution in [0, 0.1) is 11.8 Å². The summed E-state index contributed by atoms with van der Waals surface area (Å²) in [6.07, 6.45) is 2.66. The van der Waals surface area contributed by atoms with Crippen molar-refractivity contribution in [1.82, 2.24) is 19.6 Å². The molecule has 11 nitrogen and oxygen atoms in total. The summed E-state index contributed by atoms with van der Waals surface area (Å²) < 4.78 is 6.71. The van der Waals surface area contributed by atoms with Crippen molar-refractivity contribution in [1.29, 1.82) is 0 Å². The minimum absolute atomic E-state index is 0.118. The number of hydrogen-bond acceptors (Lipinski definition) is 8. The second-order valence-electron chi connectivity index (χ2n) is 10.9. The highest BCUT2D eigenvalue weighted by Gasteiger charge is 2.72. The number of Topliss-reactive ketones (excluding diaryl/α,β-unsaturated/α-hetero) is 2. The van der Waals surface area contributed by atoms with Gasteiger partial charge in [-0.1, -0.05) is 5.75 Å². The number of carbonyl (C=O) groups is 4. The molecule has 1 saturated carbocycles. The lowest BCUT2D eigenvalue weighted by atomic mass is 9.60. The topological polar surface area (TPSA) is 145 Å². The lowest BCUT2D eigenvalue weighted by Crippen LogP contribution is -2.69. The van der Waals surface area contributed by atoms with Crippen molar-refractivity contribution in [3.05, 3.63) is 29.0 Å². The molecule has 2 fully saturated rings. The molecule has 3 N–H and O–H groups in total. The average Bonchev–Trinajstić information content (AvgIpc) is 3.44. The van der Waals surface area contributed by atoms with Crippen molar-refractivity contribution >= 4 is 29.2 Å². The van der Waals surface area contributed by atoms with Gasteiger partial charge in [-0.15, -0.1) is 0 Å². The molecule has 4 aliphatic heterocycles. The van der Waals surface area contributed by atoms with Gasteiger partial charge in [0.1, 0.15) is 17.4 Å². The van der Waals surface area contributed by atoms with Gasteiger partial charge < -0.3 is 20.9 Å². The molecule has 3 amide bonds. The molecule has 4 unspecified atom stereocenters. The predicted octanol–water partition coefficient (Wildman–Crippen LogP) is -0.832. The Bertz CT molecular complexity index is 1300. The first kappa shape index (κ1) is 23.0. The number of rotatable bonds is 2. The number of nitrogens with zero attached hydrogens (tertiary/aromatic N) is 3. The Morgan fingerprint density at radius 2 is 1.92 bits per heavy atom. The predicted molar refractivity (Wildman–Crippen MR) is 126 cm³/mol. The summed E-state index contributed by atoms with van der Waals surface area (Å²) in [4.78, 5) is 57.1. The maximum atomic E-state index is 14.3. The lowest BCUT2D eigenvalue weighted by Gasteiger charge is -2.51. The van der Waals surface area contributed by atoms with Crippen LogP contribution >= 0.6 is 0 Å². The molecule has 1 spiro atoms. The number of carbonyl (C=O) groups excluding carboxylic acids is 4. The highest BCUT2D eigenvalue weighted by molar-refractivity contribution is 6.14. The fraction of sp³-hybridized carbons (Fsp3) is 0.520.